The lowest BCUT2D eigenvalue weighted by Crippen LogP contribution is -2.68. The molecule has 0 bridgehead atoms. The van der Waals surface area contributed by atoms with Crippen LogP contribution in [-0.4, -0.2) is 29.4 Å². The first-order valence-corrected chi connectivity index (χ1v) is 4.87. The third-order valence-corrected chi connectivity index (χ3v) is 3.03. The van der Waals surface area contributed by atoms with Crippen molar-refractivity contribution in [2.24, 2.45) is 5.73 Å². The summed E-state index contributed by atoms with van der Waals surface area (Å²) in [7, 11) is 0. The minimum absolute atomic E-state index is 0.168. The van der Waals surface area contributed by atoms with Crippen LogP contribution in [0.15, 0.2) is 0 Å². The fourth-order valence-corrected chi connectivity index (χ4v) is 2.23. The highest BCUT2D eigenvalue weighted by Crippen LogP contribution is 2.26. The van der Waals surface area contributed by atoms with Crippen LogP contribution >= 0.6 is 0 Å². The van der Waals surface area contributed by atoms with Crippen LogP contribution in [0.1, 0.15) is 32.1 Å². The predicted octanol–water partition coefficient (Wildman–Crippen LogP) is 0.489. The number of amides is 1. The first kappa shape index (κ1) is 8.05. The van der Waals surface area contributed by atoms with Crippen molar-refractivity contribution >= 4 is 5.91 Å². The van der Waals surface area contributed by atoms with E-state index in [0.717, 1.165) is 19.4 Å². The molecule has 68 valence electrons. The summed E-state index contributed by atoms with van der Waals surface area (Å²) in [6.07, 6.45) is 6.10. The molecule has 2 N–H and O–H groups in total. The molecule has 3 heteroatoms. The minimum atomic E-state index is -0.178. The van der Waals surface area contributed by atoms with Gasteiger partial charge in [0.15, 0.2) is 0 Å². The molecule has 2 atom stereocenters. The average Bonchev–Trinajstić information content (AvgIpc) is 2.04. The van der Waals surface area contributed by atoms with Crippen LogP contribution in [0.25, 0.3) is 0 Å². The van der Waals surface area contributed by atoms with Gasteiger partial charge >= 0.3 is 0 Å². The highest BCUT2D eigenvalue weighted by molar-refractivity contribution is 5.89. The first-order valence-electron chi connectivity index (χ1n) is 4.87. The van der Waals surface area contributed by atoms with Crippen molar-refractivity contribution in [3.05, 3.63) is 0 Å². The van der Waals surface area contributed by atoms with Crippen molar-refractivity contribution in [3.63, 3.8) is 0 Å². The van der Waals surface area contributed by atoms with Crippen molar-refractivity contribution in [3.8, 4) is 0 Å². The lowest BCUT2D eigenvalue weighted by molar-refractivity contribution is -0.150. The maximum Gasteiger partial charge on any atom is 0.241 e. The molecule has 3 nitrogen and oxygen atoms in total. The Kier molecular flexibility index (Phi) is 2.05. The molecule has 1 unspecified atom stereocenters. The Morgan fingerprint density at radius 1 is 1.25 bits per heavy atom. The second-order valence-corrected chi connectivity index (χ2v) is 3.83. The van der Waals surface area contributed by atoms with Crippen LogP contribution in [0.5, 0.6) is 0 Å². The zero-order valence-corrected chi connectivity index (χ0v) is 7.33. The van der Waals surface area contributed by atoms with E-state index in [2.05, 4.69) is 0 Å². The van der Waals surface area contributed by atoms with Gasteiger partial charge in [0, 0.05) is 6.54 Å². The molecule has 0 aromatic rings. The van der Waals surface area contributed by atoms with Gasteiger partial charge in [0.2, 0.25) is 5.91 Å². The zero-order chi connectivity index (χ0) is 8.55. The summed E-state index contributed by atoms with van der Waals surface area (Å²) < 4.78 is 0. The van der Waals surface area contributed by atoms with Gasteiger partial charge in [0.25, 0.3) is 0 Å². The van der Waals surface area contributed by atoms with Crippen LogP contribution in [-0.2, 0) is 4.79 Å². The van der Waals surface area contributed by atoms with Gasteiger partial charge in [0.05, 0.1) is 6.04 Å². The topological polar surface area (TPSA) is 46.3 Å². The van der Waals surface area contributed by atoms with Gasteiger partial charge < -0.3 is 10.6 Å². The summed E-state index contributed by atoms with van der Waals surface area (Å²) in [5, 5.41) is 0. The molecule has 2 aliphatic rings. The number of nitrogens with zero attached hydrogens (tertiary/aromatic N) is 1. The van der Waals surface area contributed by atoms with Gasteiger partial charge in [-0.05, 0) is 12.8 Å². The van der Waals surface area contributed by atoms with Gasteiger partial charge in [0.1, 0.15) is 6.04 Å². The number of carbonyl (C=O) groups excluding carboxylic acids is 1. The number of β-lactam (4-membered cyclic amide) rings is 1. The fourth-order valence-electron chi connectivity index (χ4n) is 2.23. The van der Waals surface area contributed by atoms with Gasteiger partial charge in [-0.3, -0.25) is 4.79 Å². The lowest BCUT2D eigenvalue weighted by Gasteiger charge is -2.46. The van der Waals surface area contributed by atoms with E-state index in [1.165, 1.54) is 19.3 Å². The highest BCUT2D eigenvalue weighted by Gasteiger charge is 2.43. The Labute approximate surface area is 72.9 Å². The number of fused-ring (bicyclic) bond motifs is 1. The summed E-state index contributed by atoms with van der Waals surface area (Å²) in [5.41, 5.74) is 5.71. The van der Waals surface area contributed by atoms with Crippen LogP contribution in [0.4, 0.5) is 0 Å². The van der Waals surface area contributed by atoms with E-state index in [0.29, 0.717) is 6.04 Å². The molecular weight excluding hydrogens is 152 g/mol. The normalized spacial score (nSPS) is 36.4. The molecule has 2 heterocycles. The maximum absolute atomic E-state index is 11.3. The van der Waals surface area contributed by atoms with Crippen LogP contribution < -0.4 is 5.73 Å². The van der Waals surface area contributed by atoms with E-state index in [1.54, 1.807) is 0 Å². The predicted molar refractivity (Wildman–Crippen MR) is 46.6 cm³/mol. The monoisotopic (exact) mass is 168 g/mol. The lowest BCUT2D eigenvalue weighted by atomic mass is 9.88. The van der Waals surface area contributed by atoms with Crippen molar-refractivity contribution in [1.29, 1.82) is 0 Å². The van der Waals surface area contributed by atoms with Gasteiger partial charge in [-0.25, -0.2) is 0 Å². The van der Waals surface area contributed by atoms with Crippen LogP contribution in [0, 0.1) is 0 Å². The minimum Gasteiger partial charge on any atom is -0.336 e. The average molecular weight is 168 g/mol. The Morgan fingerprint density at radius 2 is 2.00 bits per heavy atom. The molecule has 0 aromatic carbocycles. The molecule has 12 heavy (non-hydrogen) atoms. The number of rotatable bonds is 0. The second-order valence-electron chi connectivity index (χ2n) is 3.83. The molecule has 2 aliphatic heterocycles. The molecule has 2 rings (SSSR count). The third-order valence-electron chi connectivity index (χ3n) is 3.03. The Hall–Kier alpha value is -0.570. The van der Waals surface area contributed by atoms with Gasteiger partial charge in [-0.2, -0.15) is 0 Å². The molecule has 2 fully saturated rings. The Bertz CT molecular complexity index is 193. The summed E-state index contributed by atoms with van der Waals surface area (Å²) in [4.78, 5) is 13.2. The zero-order valence-electron chi connectivity index (χ0n) is 7.33. The standard InChI is InChI=1S/C9H16N2O/c10-8-7-5-3-1-2-4-6-11(7)9(8)12/h7-8H,1-6,10H2/t7?,8-/m0/s1. The summed E-state index contributed by atoms with van der Waals surface area (Å²) in [5.74, 6) is 0.168. The molecule has 0 spiro atoms. The number of nitrogens with two attached hydrogens (primary N) is 1. The highest BCUT2D eigenvalue weighted by atomic mass is 16.2. The van der Waals surface area contributed by atoms with Crippen molar-refractivity contribution < 1.29 is 4.79 Å². The van der Waals surface area contributed by atoms with E-state index >= 15 is 0 Å². The van der Waals surface area contributed by atoms with Crippen molar-refractivity contribution in [2.45, 2.75) is 44.2 Å². The smallest absolute Gasteiger partial charge is 0.241 e. The first-order chi connectivity index (χ1) is 5.80. The van der Waals surface area contributed by atoms with Crippen molar-refractivity contribution in [2.75, 3.05) is 6.54 Å². The van der Waals surface area contributed by atoms with Gasteiger partial charge in [-0.15, -0.1) is 0 Å². The maximum atomic E-state index is 11.3. The molecular formula is C9H16N2O. The van der Waals surface area contributed by atoms with E-state index in [4.69, 9.17) is 5.73 Å². The van der Waals surface area contributed by atoms with E-state index in [-0.39, 0.29) is 11.9 Å². The Morgan fingerprint density at radius 3 is 2.83 bits per heavy atom. The largest absolute Gasteiger partial charge is 0.336 e. The molecule has 0 radical (unpaired) electrons. The van der Waals surface area contributed by atoms with E-state index < -0.39 is 0 Å². The molecule has 2 saturated heterocycles. The summed E-state index contributed by atoms with van der Waals surface area (Å²) >= 11 is 0. The fraction of sp³-hybridized carbons (Fsp3) is 0.889. The Balaban J connectivity index is 1.98. The molecule has 1 amide bonds. The van der Waals surface area contributed by atoms with Crippen molar-refractivity contribution in [1.82, 2.24) is 4.90 Å². The quantitative estimate of drug-likeness (QED) is 0.535. The number of hydrogen-bond donors (Lipinski definition) is 1. The summed E-state index contributed by atoms with van der Waals surface area (Å²) in [6.45, 7) is 0.942. The van der Waals surface area contributed by atoms with E-state index in [1.807, 2.05) is 4.90 Å². The van der Waals surface area contributed by atoms with Crippen LogP contribution in [0.2, 0.25) is 0 Å². The second kappa shape index (κ2) is 3.05. The number of carbonyl (C=O) groups is 1. The van der Waals surface area contributed by atoms with Crippen LogP contribution in [0.3, 0.4) is 0 Å². The van der Waals surface area contributed by atoms with E-state index in [9.17, 15) is 4.79 Å². The third kappa shape index (κ3) is 1.12. The SMILES string of the molecule is N[C@@H]1C(=O)N2CCCCCCC12. The van der Waals surface area contributed by atoms with Gasteiger partial charge in [-0.1, -0.05) is 19.3 Å². The molecule has 0 saturated carbocycles. The molecule has 0 aliphatic carbocycles. The number of hydrogen-bond acceptors (Lipinski definition) is 2. The summed E-state index contributed by atoms with van der Waals surface area (Å²) in [6, 6.07) is 0.195. The molecule has 0 aromatic heterocycles.